The zero-order chi connectivity index (χ0) is 24.2. The summed E-state index contributed by atoms with van der Waals surface area (Å²) in [7, 11) is -4.24. The Morgan fingerprint density at radius 2 is 0.938 bits per heavy atom. The molecule has 0 atom stereocenters. The molecule has 196 valence electrons. The first-order chi connectivity index (χ1) is 15.5. The summed E-state index contributed by atoms with van der Waals surface area (Å²) in [6.07, 6.45) is 20.5. The number of nitrogens with one attached hydrogen (secondary N) is 1. The fourth-order valence-electron chi connectivity index (χ4n) is 3.03. The molecule has 0 aliphatic rings. The van der Waals surface area contributed by atoms with Crippen LogP contribution in [0.15, 0.2) is 0 Å². The molecule has 10 heteroatoms. The zero-order valence-electron chi connectivity index (χ0n) is 20.1. The van der Waals surface area contributed by atoms with Crippen molar-refractivity contribution in [1.82, 2.24) is 5.64 Å². The van der Waals surface area contributed by atoms with Gasteiger partial charge in [0.25, 0.3) is 0 Å². The van der Waals surface area contributed by atoms with E-state index in [0.717, 1.165) is 12.8 Å². The predicted octanol–water partition coefficient (Wildman–Crippen LogP) is 4.49. The molecule has 0 aliphatic carbocycles. The molecule has 4 N–H and O–H groups in total. The van der Waals surface area contributed by atoms with Crippen LogP contribution in [-0.4, -0.2) is 56.2 Å². The largest absolute Gasteiger partial charge is 0.397 e. The van der Waals surface area contributed by atoms with Gasteiger partial charge in [0, 0.05) is 0 Å². The first-order valence-electron chi connectivity index (χ1n) is 12.3. The van der Waals surface area contributed by atoms with Crippen molar-refractivity contribution in [3.05, 3.63) is 0 Å². The zero-order valence-corrected chi connectivity index (χ0v) is 21.0. The lowest BCUT2D eigenvalue weighted by Gasteiger charge is -2.03. The van der Waals surface area contributed by atoms with Crippen molar-refractivity contribution in [3.63, 3.8) is 0 Å². The molecule has 0 aromatic heterocycles. The van der Waals surface area contributed by atoms with Crippen LogP contribution in [0.3, 0.4) is 0 Å². The first-order valence-corrected chi connectivity index (χ1v) is 13.7. The van der Waals surface area contributed by atoms with E-state index in [-0.39, 0.29) is 33.0 Å². The minimum atomic E-state index is -4.24. The van der Waals surface area contributed by atoms with Gasteiger partial charge >= 0.3 is 10.4 Å². The van der Waals surface area contributed by atoms with Crippen LogP contribution in [0.25, 0.3) is 0 Å². The average Bonchev–Trinajstić information content (AvgIpc) is 2.75. The monoisotopic (exact) mass is 487 g/mol. The third-order valence-corrected chi connectivity index (χ3v) is 5.20. The Morgan fingerprint density at radius 3 is 1.25 bits per heavy atom. The van der Waals surface area contributed by atoms with E-state index < -0.39 is 10.4 Å². The molecule has 0 spiro atoms. The van der Waals surface area contributed by atoms with E-state index in [4.69, 9.17) is 14.8 Å². The summed E-state index contributed by atoms with van der Waals surface area (Å²) in [5.41, 5.74) is 2.07. The van der Waals surface area contributed by atoms with Crippen LogP contribution >= 0.6 is 0 Å². The van der Waals surface area contributed by atoms with Crippen LogP contribution < -0.4 is 5.64 Å². The molecule has 9 nitrogen and oxygen atoms in total. The number of hydrogen-bond donors (Lipinski definition) is 4. The third kappa shape index (κ3) is 37.0. The highest BCUT2D eigenvalue weighted by atomic mass is 32.3. The maximum absolute atomic E-state index is 10.3. The minimum Gasteiger partial charge on any atom is -0.394 e. The number of aliphatic hydroxyl groups excluding tert-OH is 2. The van der Waals surface area contributed by atoms with Crippen LogP contribution in [0.4, 0.5) is 0 Å². The highest BCUT2D eigenvalue weighted by Gasteiger charge is 2.02. The van der Waals surface area contributed by atoms with Gasteiger partial charge in [-0.2, -0.15) is 8.42 Å². The molecule has 32 heavy (non-hydrogen) atoms. The van der Waals surface area contributed by atoms with E-state index in [2.05, 4.69) is 26.4 Å². The molecule has 0 bridgehead atoms. The van der Waals surface area contributed by atoms with E-state index in [1.165, 1.54) is 83.5 Å². The third-order valence-electron chi connectivity index (χ3n) is 4.73. The van der Waals surface area contributed by atoms with E-state index in [1.807, 2.05) is 0 Å². The van der Waals surface area contributed by atoms with Crippen LogP contribution in [-0.2, 0) is 24.3 Å². The maximum Gasteiger partial charge on any atom is 0.397 e. The second-order valence-electron chi connectivity index (χ2n) is 7.78. The summed E-state index contributed by atoms with van der Waals surface area (Å²) in [4.78, 5) is 8.90. The lowest BCUT2D eigenvalue weighted by molar-refractivity contribution is -0.178. The molecular weight excluding hydrogens is 438 g/mol. The van der Waals surface area contributed by atoms with Crippen LogP contribution in [0, 0.1) is 0 Å². The molecule has 0 saturated carbocycles. The van der Waals surface area contributed by atoms with E-state index in [0.29, 0.717) is 6.42 Å². The molecule has 0 rings (SSSR count). The van der Waals surface area contributed by atoms with Crippen molar-refractivity contribution in [2.75, 3.05) is 33.0 Å². The summed E-state index contributed by atoms with van der Waals surface area (Å²) in [6, 6.07) is 0. The van der Waals surface area contributed by atoms with Crippen molar-refractivity contribution < 1.29 is 37.0 Å². The molecule has 0 radical (unpaired) electrons. The lowest BCUT2D eigenvalue weighted by atomic mass is 10.0. The van der Waals surface area contributed by atoms with Gasteiger partial charge in [-0.3, -0.25) is 14.2 Å². The van der Waals surface area contributed by atoms with Crippen molar-refractivity contribution in [2.24, 2.45) is 0 Å². The van der Waals surface area contributed by atoms with E-state index in [9.17, 15) is 8.42 Å². The molecule has 0 saturated heterocycles. The summed E-state index contributed by atoms with van der Waals surface area (Å²) >= 11 is 0. The SMILES string of the molecule is CCCCCCCCCCCCCCCCCCOS(=O)(=O)O.OCCONOCCO. The quantitative estimate of drug-likeness (QED) is 0.0882. The highest BCUT2D eigenvalue weighted by molar-refractivity contribution is 7.80. The minimum absolute atomic E-state index is 0.0600. The Bertz CT molecular complexity index is 432. The van der Waals surface area contributed by atoms with Gasteiger partial charge in [-0.25, -0.2) is 4.18 Å². The second-order valence-corrected chi connectivity index (χ2v) is 8.87. The summed E-state index contributed by atoms with van der Waals surface area (Å²) < 4.78 is 33.3. The number of aliphatic hydroxyl groups is 2. The molecular formula is C22H49NO8S. The molecule has 0 unspecified atom stereocenters. The molecule has 0 aliphatic heterocycles. The van der Waals surface area contributed by atoms with Gasteiger partial charge in [-0.15, -0.1) is 0 Å². The van der Waals surface area contributed by atoms with Crippen LogP contribution in [0.1, 0.15) is 110 Å². The van der Waals surface area contributed by atoms with Gasteiger partial charge in [0.1, 0.15) is 0 Å². The van der Waals surface area contributed by atoms with Gasteiger partial charge < -0.3 is 10.2 Å². The number of unbranched alkanes of at least 4 members (excludes halogenated alkanes) is 15. The standard InChI is InChI=1S/C18H38O4S.C4H11NO4/c1-2-3-4-5-6-7-8-9-10-11-12-13-14-15-16-17-18-22-23(19,20)21;6-1-3-8-5-9-4-2-7/h2-18H2,1H3,(H,19,20,21);5-7H,1-4H2. The van der Waals surface area contributed by atoms with Crippen molar-refractivity contribution in [3.8, 4) is 0 Å². The Hall–Kier alpha value is -0.330. The molecule has 0 amide bonds. The Balaban J connectivity index is 0. The molecule has 0 aromatic carbocycles. The molecule has 0 aromatic rings. The normalized spacial score (nSPS) is 11.4. The molecule has 0 fully saturated rings. The smallest absolute Gasteiger partial charge is 0.394 e. The summed E-state index contributed by atoms with van der Waals surface area (Å²) in [5.74, 6) is 0. The van der Waals surface area contributed by atoms with Crippen molar-refractivity contribution in [2.45, 2.75) is 110 Å². The van der Waals surface area contributed by atoms with E-state index in [1.54, 1.807) is 0 Å². The Kier molecular flexibility index (Phi) is 30.4. The topological polar surface area (TPSA) is 135 Å². The van der Waals surface area contributed by atoms with Crippen molar-refractivity contribution >= 4 is 10.4 Å². The number of rotatable bonds is 24. The molecule has 0 heterocycles. The predicted molar refractivity (Wildman–Crippen MR) is 126 cm³/mol. The van der Waals surface area contributed by atoms with Crippen LogP contribution in [0.2, 0.25) is 0 Å². The fourth-order valence-corrected chi connectivity index (χ4v) is 3.36. The maximum atomic E-state index is 10.3. The fraction of sp³-hybridized carbons (Fsp3) is 1.00. The van der Waals surface area contributed by atoms with E-state index >= 15 is 0 Å². The van der Waals surface area contributed by atoms with Crippen LogP contribution in [0.5, 0.6) is 0 Å². The number of hydrogen-bond acceptors (Lipinski definition) is 8. The Labute approximate surface area is 196 Å². The van der Waals surface area contributed by atoms with Gasteiger partial charge in [-0.05, 0) is 6.42 Å². The van der Waals surface area contributed by atoms with Gasteiger partial charge in [0.2, 0.25) is 0 Å². The average molecular weight is 488 g/mol. The highest BCUT2D eigenvalue weighted by Crippen LogP contribution is 2.13. The lowest BCUT2D eigenvalue weighted by Crippen LogP contribution is -2.19. The van der Waals surface area contributed by atoms with Gasteiger partial charge in [0.15, 0.2) is 0 Å². The second kappa shape index (κ2) is 28.7. The van der Waals surface area contributed by atoms with Gasteiger partial charge in [-0.1, -0.05) is 109 Å². The first kappa shape index (κ1) is 33.8. The van der Waals surface area contributed by atoms with Gasteiger partial charge in [0.05, 0.1) is 33.0 Å². The Morgan fingerprint density at radius 1 is 0.594 bits per heavy atom. The van der Waals surface area contributed by atoms with Crippen molar-refractivity contribution in [1.29, 1.82) is 0 Å². The summed E-state index contributed by atoms with van der Waals surface area (Å²) in [6.45, 7) is 2.58. The summed E-state index contributed by atoms with van der Waals surface area (Å²) in [5, 5.41) is 16.3.